The summed E-state index contributed by atoms with van der Waals surface area (Å²) in [6, 6.07) is 12.1. The van der Waals surface area contributed by atoms with Crippen molar-refractivity contribution in [2.75, 3.05) is 0 Å². The van der Waals surface area contributed by atoms with Crippen LogP contribution in [-0.4, -0.2) is 10.8 Å². The molecule has 108 valence electrons. The molecule has 0 unspecified atom stereocenters. The van der Waals surface area contributed by atoms with Crippen LogP contribution in [-0.2, 0) is 4.79 Å². The van der Waals surface area contributed by atoms with E-state index in [0.29, 0.717) is 0 Å². The summed E-state index contributed by atoms with van der Waals surface area (Å²) in [7, 11) is 0. The number of hydrogen-bond donors (Lipinski definition) is 1. The second-order valence-corrected chi connectivity index (χ2v) is 4.41. The molecule has 0 aliphatic heterocycles. The first-order chi connectivity index (χ1) is 10.1. The Kier molecular flexibility index (Phi) is 4.50. The molecule has 1 aromatic heterocycles. The van der Waals surface area contributed by atoms with Crippen LogP contribution in [0.5, 0.6) is 0 Å². The number of furan rings is 1. The summed E-state index contributed by atoms with van der Waals surface area (Å²) in [4.78, 5) is 21.6. The molecule has 0 spiro atoms. The van der Waals surface area contributed by atoms with Crippen LogP contribution in [0.25, 0.3) is 6.08 Å². The Labute approximate surface area is 121 Å². The van der Waals surface area contributed by atoms with Gasteiger partial charge in [0.05, 0.1) is 12.1 Å². The highest BCUT2D eigenvalue weighted by Crippen LogP contribution is 2.16. The Balaban J connectivity index is 1.94. The molecule has 21 heavy (non-hydrogen) atoms. The van der Waals surface area contributed by atoms with Gasteiger partial charge in [-0.05, 0) is 24.6 Å². The lowest BCUT2D eigenvalue weighted by Crippen LogP contribution is -2.24. The third-order valence-electron chi connectivity index (χ3n) is 2.85. The molecule has 2 rings (SSSR count). The van der Waals surface area contributed by atoms with E-state index in [4.69, 9.17) is 4.42 Å². The molecule has 1 atom stereocenters. The van der Waals surface area contributed by atoms with Crippen molar-refractivity contribution in [3.8, 4) is 0 Å². The number of nitrogens with zero attached hydrogens (tertiary/aromatic N) is 1. The molecule has 1 heterocycles. The summed E-state index contributed by atoms with van der Waals surface area (Å²) in [5, 5.41) is 13.3. The van der Waals surface area contributed by atoms with Gasteiger partial charge in [-0.1, -0.05) is 30.3 Å². The zero-order valence-electron chi connectivity index (χ0n) is 11.4. The molecule has 0 saturated carbocycles. The molecule has 0 aliphatic rings. The lowest BCUT2D eigenvalue weighted by Gasteiger charge is -2.12. The molecule has 0 aliphatic carbocycles. The Morgan fingerprint density at radius 1 is 1.29 bits per heavy atom. The maximum atomic E-state index is 11.8. The van der Waals surface area contributed by atoms with Crippen molar-refractivity contribution in [2.45, 2.75) is 13.0 Å². The van der Waals surface area contributed by atoms with Crippen LogP contribution in [0.15, 0.2) is 53.0 Å². The van der Waals surface area contributed by atoms with Crippen molar-refractivity contribution in [3.63, 3.8) is 0 Å². The number of nitrogens with one attached hydrogen (secondary N) is 1. The predicted octanol–water partition coefficient (Wildman–Crippen LogP) is 3.08. The van der Waals surface area contributed by atoms with Crippen molar-refractivity contribution < 1.29 is 14.1 Å². The van der Waals surface area contributed by atoms with Gasteiger partial charge in [0.1, 0.15) is 10.7 Å². The van der Waals surface area contributed by atoms with Crippen LogP contribution >= 0.6 is 0 Å². The third-order valence-corrected chi connectivity index (χ3v) is 2.85. The third kappa shape index (κ3) is 4.04. The van der Waals surface area contributed by atoms with E-state index in [1.54, 1.807) is 0 Å². The van der Waals surface area contributed by atoms with Crippen molar-refractivity contribution in [3.05, 3.63) is 70.0 Å². The molecule has 6 nitrogen and oxygen atoms in total. The van der Waals surface area contributed by atoms with Crippen molar-refractivity contribution in [2.24, 2.45) is 0 Å². The normalized spacial score (nSPS) is 12.2. The number of carbonyl (C=O) groups excluding carboxylic acids is 1. The first kappa shape index (κ1) is 14.5. The van der Waals surface area contributed by atoms with Crippen LogP contribution in [0.4, 0.5) is 5.88 Å². The average molecular weight is 286 g/mol. The fraction of sp³-hybridized carbons (Fsp3) is 0.133. The first-order valence-corrected chi connectivity index (χ1v) is 6.34. The van der Waals surface area contributed by atoms with Gasteiger partial charge in [0, 0.05) is 6.08 Å². The summed E-state index contributed by atoms with van der Waals surface area (Å²) < 4.78 is 4.92. The van der Waals surface area contributed by atoms with E-state index < -0.39 is 4.92 Å². The molecule has 0 fully saturated rings. The van der Waals surface area contributed by atoms with Gasteiger partial charge in [0.15, 0.2) is 0 Å². The van der Waals surface area contributed by atoms with Crippen LogP contribution in [0.2, 0.25) is 0 Å². The van der Waals surface area contributed by atoms with Gasteiger partial charge in [-0.3, -0.25) is 14.9 Å². The molecule has 6 heteroatoms. The first-order valence-electron chi connectivity index (χ1n) is 6.34. The van der Waals surface area contributed by atoms with E-state index in [9.17, 15) is 14.9 Å². The molecule has 0 saturated heterocycles. The molecular formula is C15H14N2O4. The number of benzene rings is 1. The van der Waals surface area contributed by atoms with E-state index in [1.807, 2.05) is 37.3 Å². The largest absolute Gasteiger partial charge is 0.433 e. The van der Waals surface area contributed by atoms with Crippen LogP contribution in [0, 0.1) is 10.1 Å². The van der Waals surface area contributed by atoms with E-state index in [1.165, 1.54) is 24.3 Å². The van der Waals surface area contributed by atoms with Crippen molar-refractivity contribution in [1.82, 2.24) is 5.32 Å². The van der Waals surface area contributed by atoms with Crippen molar-refractivity contribution >= 4 is 17.9 Å². The molecule has 0 bridgehead atoms. The zero-order chi connectivity index (χ0) is 15.2. The van der Waals surface area contributed by atoms with Gasteiger partial charge in [-0.15, -0.1) is 0 Å². The minimum Gasteiger partial charge on any atom is -0.401 e. The maximum Gasteiger partial charge on any atom is 0.433 e. The highest BCUT2D eigenvalue weighted by Gasteiger charge is 2.10. The summed E-state index contributed by atoms with van der Waals surface area (Å²) in [6.45, 7) is 1.87. The van der Waals surface area contributed by atoms with Gasteiger partial charge in [0.2, 0.25) is 5.91 Å². The quantitative estimate of drug-likeness (QED) is 0.520. The monoisotopic (exact) mass is 286 g/mol. The second-order valence-electron chi connectivity index (χ2n) is 4.41. The van der Waals surface area contributed by atoms with Gasteiger partial charge in [-0.2, -0.15) is 0 Å². The lowest BCUT2D eigenvalue weighted by molar-refractivity contribution is -0.402. The molecule has 1 N–H and O–H groups in total. The van der Waals surface area contributed by atoms with Crippen molar-refractivity contribution in [1.29, 1.82) is 0 Å². The number of hydrogen-bond acceptors (Lipinski definition) is 4. The Morgan fingerprint density at radius 2 is 2.00 bits per heavy atom. The SMILES string of the molecule is C[C@@H](NC(=O)/C=C/c1ccc([N+](=O)[O-])o1)c1ccccc1. The number of nitro groups is 1. The van der Waals surface area contributed by atoms with Gasteiger partial charge < -0.3 is 9.73 Å². The van der Waals surface area contributed by atoms with Gasteiger partial charge >= 0.3 is 5.88 Å². The molecular weight excluding hydrogens is 272 g/mol. The van der Waals surface area contributed by atoms with Crippen LogP contribution < -0.4 is 5.32 Å². The Hall–Kier alpha value is -2.89. The fourth-order valence-electron chi connectivity index (χ4n) is 1.77. The molecule has 2 aromatic rings. The molecule has 0 radical (unpaired) electrons. The Bertz CT molecular complexity index is 661. The maximum absolute atomic E-state index is 11.8. The van der Waals surface area contributed by atoms with E-state index in [-0.39, 0.29) is 23.6 Å². The second kappa shape index (κ2) is 6.51. The average Bonchev–Trinajstić information content (AvgIpc) is 2.95. The van der Waals surface area contributed by atoms with E-state index in [0.717, 1.165) is 5.56 Å². The van der Waals surface area contributed by atoms with E-state index >= 15 is 0 Å². The smallest absolute Gasteiger partial charge is 0.401 e. The van der Waals surface area contributed by atoms with Gasteiger partial charge in [-0.25, -0.2) is 0 Å². The van der Waals surface area contributed by atoms with Crippen LogP contribution in [0.1, 0.15) is 24.3 Å². The van der Waals surface area contributed by atoms with Gasteiger partial charge in [0.25, 0.3) is 0 Å². The molecule has 1 aromatic carbocycles. The minimum absolute atomic E-state index is 0.130. The standard InChI is InChI=1S/C15H14N2O4/c1-11(12-5-3-2-4-6-12)16-14(18)9-7-13-8-10-15(21-13)17(19)20/h2-11H,1H3,(H,16,18)/b9-7+/t11-/m1/s1. The molecule has 1 amide bonds. The zero-order valence-corrected chi connectivity index (χ0v) is 11.4. The summed E-state index contributed by atoms with van der Waals surface area (Å²) in [5.41, 5.74) is 0.993. The fourth-order valence-corrected chi connectivity index (χ4v) is 1.77. The summed E-state index contributed by atoms with van der Waals surface area (Å²) in [6.07, 6.45) is 2.67. The highest BCUT2D eigenvalue weighted by atomic mass is 16.6. The Morgan fingerprint density at radius 3 is 2.62 bits per heavy atom. The topological polar surface area (TPSA) is 85.4 Å². The lowest BCUT2D eigenvalue weighted by atomic mass is 10.1. The van der Waals surface area contributed by atoms with Crippen LogP contribution in [0.3, 0.4) is 0 Å². The van der Waals surface area contributed by atoms with E-state index in [2.05, 4.69) is 5.32 Å². The highest BCUT2D eigenvalue weighted by molar-refractivity contribution is 5.91. The number of carbonyl (C=O) groups is 1. The summed E-state index contributed by atoms with van der Waals surface area (Å²) >= 11 is 0. The summed E-state index contributed by atoms with van der Waals surface area (Å²) in [5.74, 6) is -0.401. The number of amides is 1. The predicted molar refractivity (Wildman–Crippen MR) is 77.4 cm³/mol. The number of rotatable bonds is 5. The minimum atomic E-state index is -0.630.